The first-order chi connectivity index (χ1) is 13.9. The van der Waals surface area contributed by atoms with Gasteiger partial charge in [0.1, 0.15) is 5.75 Å². The fourth-order valence-corrected chi connectivity index (χ4v) is 4.61. The number of aromatic nitrogens is 1. The van der Waals surface area contributed by atoms with Gasteiger partial charge in [0.25, 0.3) is 0 Å². The Morgan fingerprint density at radius 2 is 1.90 bits per heavy atom. The Hall–Kier alpha value is -3.14. The van der Waals surface area contributed by atoms with Gasteiger partial charge in [0.15, 0.2) is 0 Å². The molecule has 0 radical (unpaired) electrons. The van der Waals surface area contributed by atoms with E-state index in [9.17, 15) is 18.0 Å². The third-order valence-corrected chi connectivity index (χ3v) is 6.32. The number of hydrogen-bond acceptors (Lipinski definition) is 6. The van der Waals surface area contributed by atoms with Crippen molar-refractivity contribution >= 4 is 33.2 Å². The summed E-state index contributed by atoms with van der Waals surface area (Å²) in [7, 11) is -2.01. The van der Waals surface area contributed by atoms with Gasteiger partial charge in [-0.2, -0.15) is 0 Å². The summed E-state index contributed by atoms with van der Waals surface area (Å²) in [4.78, 5) is 28.2. The molecule has 3 rings (SSSR count). The van der Waals surface area contributed by atoms with Crippen LogP contribution in [0.1, 0.15) is 18.4 Å². The minimum absolute atomic E-state index is 0.0597. The molecule has 10 heteroatoms. The molecule has 0 bridgehead atoms. The average Bonchev–Trinajstić information content (AvgIpc) is 2.72. The summed E-state index contributed by atoms with van der Waals surface area (Å²) < 4.78 is 31.4. The van der Waals surface area contributed by atoms with E-state index in [-0.39, 0.29) is 12.3 Å². The zero-order valence-electron chi connectivity index (χ0n) is 15.9. The van der Waals surface area contributed by atoms with E-state index in [2.05, 4.69) is 15.6 Å². The fourth-order valence-electron chi connectivity index (χ4n) is 2.97. The average molecular weight is 418 g/mol. The molecule has 0 unspecified atom stereocenters. The van der Waals surface area contributed by atoms with Crippen LogP contribution >= 0.6 is 0 Å². The zero-order chi connectivity index (χ0) is 20.9. The molecule has 2 heterocycles. The monoisotopic (exact) mass is 418 g/mol. The number of methoxy groups -OCH3 is 1. The lowest BCUT2D eigenvalue weighted by Gasteiger charge is -2.29. The Morgan fingerprint density at radius 1 is 1.14 bits per heavy atom. The fraction of sp³-hybridized carbons (Fsp3) is 0.316. The number of carbonyl (C=O) groups excluding carboxylic acids is 2. The van der Waals surface area contributed by atoms with Gasteiger partial charge in [-0.05, 0) is 48.7 Å². The van der Waals surface area contributed by atoms with E-state index in [1.165, 1.54) is 17.5 Å². The van der Waals surface area contributed by atoms with Crippen LogP contribution in [0.25, 0.3) is 0 Å². The summed E-state index contributed by atoms with van der Waals surface area (Å²) in [6, 6.07) is 8.06. The van der Waals surface area contributed by atoms with E-state index < -0.39 is 21.8 Å². The predicted octanol–water partition coefficient (Wildman–Crippen LogP) is 1.28. The summed E-state index contributed by atoms with van der Waals surface area (Å²) in [5.41, 5.74) is 1.44. The number of anilines is 2. The molecule has 1 aromatic carbocycles. The first-order valence-corrected chi connectivity index (χ1v) is 10.7. The molecule has 0 saturated carbocycles. The van der Waals surface area contributed by atoms with E-state index in [1.807, 2.05) is 0 Å². The topological polar surface area (TPSA) is 118 Å². The van der Waals surface area contributed by atoms with Gasteiger partial charge in [0.05, 0.1) is 18.6 Å². The number of benzene rings is 1. The van der Waals surface area contributed by atoms with E-state index in [0.717, 1.165) is 12.0 Å². The number of rotatable bonds is 5. The Labute approximate surface area is 169 Å². The Bertz CT molecular complexity index is 995. The lowest BCUT2D eigenvalue weighted by Crippen LogP contribution is -2.38. The van der Waals surface area contributed by atoms with Crippen LogP contribution in [0, 0.1) is 0 Å². The second-order valence-electron chi connectivity index (χ2n) is 6.47. The van der Waals surface area contributed by atoms with Crippen LogP contribution in [-0.4, -0.2) is 44.6 Å². The number of pyridine rings is 1. The van der Waals surface area contributed by atoms with Crippen LogP contribution in [-0.2, 0) is 26.2 Å². The third-order valence-electron chi connectivity index (χ3n) is 4.46. The van der Waals surface area contributed by atoms with Crippen LogP contribution < -0.4 is 19.7 Å². The highest BCUT2D eigenvalue weighted by Crippen LogP contribution is 2.35. The minimum Gasteiger partial charge on any atom is -0.495 e. The molecule has 2 aromatic rings. The van der Waals surface area contributed by atoms with Gasteiger partial charge in [-0.3, -0.25) is 18.9 Å². The Balaban J connectivity index is 1.72. The summed E-state index contributed by atoms with van der Waals surface area (Å²) in [5, 5.41) is 5.02. The first kappa shape index (κ1) is 20.6. The van der Waals surface area contributed by atoms with Crippen LogP contribution in [0.4, 0.5) is 11.4 Å². The lowest BCUT2D eigenvalue weighted by atomic mass is 10.2. The van der Waals surface area contributed by atoms with Crippen molar-refractivity contribution in [3.63, 3.8) is 0 Å². The van der Waals surface area contributed by atoms with Crippen LogP contribution in [0.3, 0.4) is 0 Å². The van der Waals surface area contributed by atoms with Gasteiger partial charge in [-0.1, -0.05) is 0 Å². The van der Waals surface area contributed by atoms with Gasteiger partial charge >= 0.3 is 11.8 Å². The standard InChI is InChI=1S/C19H22N4O5S/c1-28-17-5-4-15(12-16(17)23-10-2-3-11-29(23,26)27)22-19(25)18(24)21-13-14-6-8-20-9-7-14/h4-9,12H,2-3,10-11,13H2,1H3,(H,21,24)(H,22,25). The molecular formula is C19H22N4O5S. The maximum absolute atomic E-state index is 12.4. The molecule has 2 amide bonds. The van der Waals surface area contributed by atoms with Gasteiger partial charge in [0, 0.05) is 31.2 Å². The third kappa shape index (κ3) is 5.02. The van der Waals surface area contributed by atoms with Crippen molar-refractivity contribution in [2.45, 2.75) is 19.4 Å². The van der Waals surface area contributed by atoms with E-state index in [1.54, 1.807) is 36.7 Å². The molecule has 1 saturated heterocycles. The molecule has 1 aromatic heterocycles. The molecule has 0 atom stereocenters. The normalized spacial score (nSPS) is 15.4. The summed E-state index contributed by atoms with van der Waals surface area (Å²) in [6.45, 7) is 0.525. The number of ether oxygens (including phenoxy) is 1. The lowest BCUT2D eigenvalue weighted by molar-refractivity contribution is -0.136. The number of nitrogens with one attached hydrogen (secondary N) is 2. The van der Waals surface area contributed by atoms with Gasteiger partial charge in [-0.25, -0.2) is 8.42 Å². The second-order valence-corrected chi connectivity index (χ2v) is 8.49. The van der Waals surface area contributed by atoms with Crippen LogP contribution in [0.2, 0.25) is 0 Å². The number of nitrogens with zero attached hydrogens (tertiary/aromatic N) is 2. The number of sulfonamides is 1. The molecule has 29 heavy (non-hydrogen) atoms. The Kier molecular flexibility index (Phi) is 6.32. The molecule has 154 valence electrons. The highest BCUT2D eigenvalue weighted by Gasteiger charge is 2.28. The SMILES string of the molecule is COc1ccc(NC(=O)C(=O)NCc2ccncc2)cc1N1CCCCS1(=O)=O. The summed E-state index contributed by atoms with van der Waals surface area (Å²) >= 11 is 0. The highest BCUT2D eigenvalue weighted by atomic mass is 32.2. The van der Waals surface area contributed by atoms with Gasteiger partial charge in [0.2, 0.25) is 10.0 Å². The maximum atomic E-state index is 12.4. The highest BCUT2D eigenvalue weighted by molar-refractivity contribution is 7.92. The maximum Gasteiger partial charge on any atom is 0.313 e. The first-order valence-electron chi connectivity index (χ1n) is 9.07. The number of amides is 2. The molecular weight excluding hydrogens is 396 g/mol. The largest absolute Gasteiger partial charge is 0.495 e. The van der Waals surface area contributed by atoms with E-state index in [0.29, 0.717) is 30.1 Å². The van der Waals surface area contributed by atoms with Crippen LogP contribution in [0.15, 0.2) is 42.7 Å². The molecule has 0 spiro atoms. The molecule has 2 N–H and O–H groups in total. The molecule has 9 nitrogen and oxygen atoms in total. The van der Waals surface area contributed by atoms with Gasteiger partial charge in [-0.15, -0.1) is 0 Å². The van der Waals surface area contributed by atoms with Crippen molar-refractivity contribution in [2.75, 3.05) is 29.0 Å². The second kappa shape index (κ2) is 8.91. The van der Waals surface area contributed by atoms with Crippen molar-refractivity contribution in [3.05, 3.63) is 48.3 Å². The molecule has 1 fully saturated rings. The smallest absolute Gasteiger partial charge is 0.313 e. The van der Waals surface area contributed by atoms with E-state index in [4.69, 9.17) is 4.74 Å². The Morgan fingerprint density at radius 3 is 2.59 bits per heavy atom. The minimum atomic E-state index is -3.45. The zero-order valence-corrected chi connectivity index (χ0v) is 16.7. The summed E-state index contributed by atoms with van der Waals surface area (Å²) in [6.07, 6.45) is 4.52. The number of carbonyl (C=O) groups is 2. The molecule has 1 aliphatic rings. The van der Waals surface area contributed by atoms with Gasteiger partial charge < -0.3 is 15.4 Å². The van der Waals surface area contributed by atoms with Crippen molar-refractivity contribution < 1.29 is 22.7 Å². The predicted molar refractivity (Wildman–Crippen MR) is 108 cm³/mol. The molecule has 0 aliphatic carbocycles. The summed E-state index contributed by atoms with van der Waals surface area (Å²) in [5.74, 6) is -1.22. The van der Waals surface area contributed by atoms with E-state index >= 15 is 0 Å². The number of hydrogen-bond donors (Lipinski definition) is 2. The van der Waals surface area contributed by atoms with Crippen molar-refractivity contribution in [1.82, 2.24) is 10.3 Å². The van der Waals surface area contributed by atoms with Crippen molar-refractivity contribution in [1.29, 1.82) is 0 Å². The van der Waals surface area contributed by atoms with Crippen molar-refractivity contribution in [3.8, 4) is 5.75 Å². The van der Waals surface area contributed by atoms with Crippen molar-refractivity contribution in [2.24, 2.45) is 0 Å². The van der Waals surface area contributed by atoms with Crippen LogP contribution in [0.5, 0.6) is 5.75 Å². The quantitative estimate of drug-likeness (QED) is 0.706. The molecule has 1 aliphatic heterocycles.